The fourth-order valence-electron chi connectivity index (χ4n) is 2.85. The second kappa shape index (κ2) is 7.18. The molecule has 0 spiro atoms. The molecule has 1 aromatic carbocycles. The summed E-state index contributed by atoms with van der Waals surface area (Å²) in [5.41, 5.74) is 4.55. The van der Waals surface area contributed by atoms with Gasteiger partial charge in [-0.05, 0) is 49.9 Å². The van der Waals surface area contributed by atoms with Crippen LogP contribution in [-0.2, 0) is 0 Å². The molecule has 25 heavy (non-hydrogen) atoms. The standard InChI is InChI=1S/C18H19N5O2/c1-12-9-16-13(5-6-17(24)25-16)10-14(12)21-22-15(11-19)18(20)23-7-3-2-4-8-23/h5-6,9-10,20-21H,2-4,7-8H2,1H3/b20-18?,22-15-. The first-order valence-electron chi connectivity index (χ1n) is 8.20. The van der Waals surface area contributed by atoms with E-state index in [2.05, 4.69) is 10.5 Å². The molecule has 2 heterocycles. The Morgan fingerprint density at radius 3 is 2.80 bits per heavy atom. The molecule has 1 aromatic heterocycles. The highest BCUT2D eigenvalue weighted by Crippen LogP contribution is 2.22. The summed E-state index contributed by atoms with van der Waals surface area (Å²) in [6.07, 6.45) is 3.22. The average molecular weight is 337 g/mol. The molecule has 2 aromatic rings. The lowest BCUT2D eigenvalue weighted by atomic mass is 10.1. The minimum Gasteiger partial charge on any atom is -0.423 e. The molecule has 128 valence electrons. The maximum absolute atomic E-state index is 11.3. The molecule has 1 aliphatic rings. The quantitative estimate of drug-likeness (QED) is 0.388. The van der Waals surface area contributed by atoms with Gasteiger partial charge < -0.3 is 9.32 Å². The number of aryl methyl sites for hydroxylation is 1. The Morgan fingerprint density at radius 1 is 1.32 bits per heavy atom. The summed E-state index contributed by atoms with van der Waals surface area (Å²) in [5, 5.41) is 22.4. The zero-order valence-electron chi connectivity index (χ0n) is 14.0. The molecule has 3 rings (SSSR count). The summed E-state index contributed by atoms with van der Waals surface area (Å²) in [6.45, 7) is 3.42. The van der Waals surface area contributed by atoms with Crippen molar-refractivity contribution in [2.45, 2.75) is 26.2 Å². The molecule has 0 amide bonds. The number of nitriles is 1. The summed E-state index contributed by atoms with van der Waals surface area (Å²) >= 11 is 0. The number of hydrogen-bond acceptors (Lipinski definition) is 6. The SMILES string of the molecule is Cc1cc2oc(=O)ccc2cc1N/N=C(/C#N)C(=N)N1CCCCC1. The highest BCUT2D eigenvalue weighted by atomic mass is 16.4. The fourth-order valence-corrected chi connectivity index (χ4v) is 2.85. The smallest absolute Gasteiger partial charge is 0.336 e. The third kappa shape index (κ3) is 3.69. The van der Waals surface area contributed by atoms with Gasteiger partial charge in [-0.25, -0.2) is 4.79 Å². The number of nitrogens with zero attached hydrogens (tertiary/aromatic N) is 3. The predicted molar refractivity (Wildman–Crippen MR) is 97.0 cm³/mol. The Labute approximate surface area is 145 Å². The van der Waals surface area contributed by atoms with Gasteiger partial charge in [0.05, 0.1) is 5.69 Å². The number of piperidine rings is 1. The van der Waals surface area contributed by atoms with E-state index in [1.807, 2.05) is 17.9 Å². The lowest BCUT2D eigenvalue weighted by molar-refractivity contribution is 0.344. The van der Waals surface area contributed by atoms with Crippen molar-refractivity contribution in [2.75, 3.05) is 18.5 Å². The summed E-state index contributed by atoms with van der Waals surface area (Å²) in [5.74, 6) is 0.152. The van der Waals surface area contributed by atoms with Crippen molar-refractivity contribution in [2.24, 2.45) is 5.10 Å². The van der Waals surface area contributed by atoms with E-state index >= 15 is 0 Å². The van der Waals surface area contributed by atoms with Crippen LogP contribution in [0.4, 0.5) is 5.69 Å². The molecule has 1 aliphatic heterocycles. The molecule has 0 unspecified atom stereocenters. The molecule has 2 N–H and O–H groups in total. The maximum atomic E-state index is 11.3. The van der Waals surface area contributed by atoms with E-state index in [4.69, 9.17) is 9.83 Å². The van der Waals surface area contributed by atoms with Crippen molar-refractivity contribution in [1.29, 1.82) is 10.7 Å². The molecular weight excluding hydrogens is 318 g/mol. The minimum atomic E-state index is -0.396. The van der Waals surface area contributed by atoms with Crippen LogP contribution < -0.4 is 11.1 Å². The van der Waals surface area contributed by atoms with E-state index in [0.717, 1.165) is 43.3 Å². The highest BCUT2D eigenvalue weighted by molar-refractivity contribution is 6.46. The van der Waals surface area contributed by atoms with Crippen molar-refractivity contribution in [3.8, 4) is 6.07 Å². The third-order valence-electron chi connectivity index (χ3n) is 4.26. The molecule has 7 nitrogen and oxygen atoms in total. The molecule has 0 atom stereocenters. The number of fused-ring (bicyclic) bond motifs is 1. The minimum absolute atomic E-state index is 0.0565. The lowest BCUT2D eigenvalue weighted by Crippen LogP contribution is -2.39. The Kier molecular flexibility index (Phi) is 4.80. The number of nitrogens with one attached hydrogen (secondary N) is 2. The topological polar surface area (TPSA) is 105 Å². The van der Waals surface area contributed by atoms with Crippen LogP contribution >= 0.6 is 0 Å². The molecule has 1 fully saturated rings. The van der Waals surface area contributed by atoms with Crippen molar-refractivity contribution >= 4 is 28.2 Å². The highest BCUT2D eigenvalue weighted by Gasteiger charge is 2.18. The van der Waals surface area contributed by atoms with E-state index in [1.54, 1.807) is 18.2 Å². The largest absolute Gasteiger partial charge is 0.423 e. The molecule has 1 saturated heterocycles. The second-order valence-electron chi connectivity index (χ2n) is 6.04. The first kappa shape index (κ1) is 16.7. The first-order chi connectivity index (χ1) is 12.1. The van der Waals surface area contributed by atoms with Crippen molar-refractivity contribution in [1.82, 2.24) is 4.90 Å². The van der Waals surface area contributed by atoms with Crippen LogP contribution in [-0.4, -0.2) is 29.5 Å². The summed E-state index contributed by atoms with van der Waals surface area (Å²) in [6, 6.07) is 8.58. The van der Waals surface area contributed by atoms with Gasteiger partial charge in [-0.15, -0.1) is 0 Å². The molecule has 0 saturated carbocycles. The van der Waals surface area contributed by atoms with Gasteiger partial charge in [0.25, 0.3) is 0 Å². The van der Waals surface area contributed by atoms with Crippen molar-refractivity contribution in [3.63, 3.8) is 0 Å². The Morgan fingerprint density at radius 2 is 2.08 bits per heavy atom. The number of hydrazone groups is 1. The normalized spacial score (nSPS) is 15.0. The van der Waals surface area contributed by atoms with Gasteiger partial charge >= 0.3 is 5.63 Å². The van der Waals surface area contributed by atoms with Crippen LogP contribution in [0.1, 0.15) is 24.8 Å². The van der Waals surface area contributed by atoms with Gasteiger partial charge in [-0.1, -0.05) is 0 Å². The van der Waals surface area contributed by atoms with E-state index in [1.165, 1.54) is 6.07 Å². The zero-order valence-corrected chi connectivity index (χ0v) is 14.0. The monoisotopic (exact) mass is 337 g/mol. The third-order valence-corrected chi connectivity index (χ3v) is 4.26. The van der Waals surface area contributed by atoms with Crippen LogP contribution in [0.5, 0.6) is 0 Å². The van der Waals surface area contributed by atoms with Gasteiger partial charge in [0.1, 0.15) is 11.7 Å². The average Bonchev–Trinajstić information content (AvgIpc) is 2.63. The van der Waals surface area contributed by atoms with E-state index in [9.17, 15) is 10.1 Å². The first-order valence-corrected chi connectivity index (χ1v) is 8.20. The molecule has 0 aliphatic carbocycles. The number of benzene rings is 1. The summed E-state index contributed by atoms with van der Waals surface area (Å²) in [4.78, 5) is 13.2. The number of hydrogen-bond donors (Lipinski definition) is 2. The van der Waals surface area contributed by atoms with Crippen LogP contribution in [0.3, 0.4) is 0 Å². The Hall–Kier alpha value is -3.14. The lowest BCUT2D eigenvalue weighted by Gasteiger charge is -2.27. The number of amidine groups is 1. The number of anilines is 1. The Balaban J connectivity index is 1.84. The molecule has 0 bridgehead atoms. The Bertz CT molecular complexity index is 933. The van der Waals surface area contributed by atoms with Gasteiger partial charge in [0, 0.05) is 24.5 Å². The van der Waals surface area contributed by atoms with Crippen LogP contribution in [0.25, 0.3) is 11.0 Å². The summed E-state index contributed by atoms with van der Waals surface area (Å²) < 4.78 is 5.15. The van der Waals surface area contributed by atoms with Gasteiger partial charge in [0.2, 0.25) is 5.71 Å². The molecule has 7 heteroatoms. The van der Waals surface area contributed by atoms with E-state index in [-0.39, 0.29) is 11.5 Å². The molecule has 0 radical (unpaired) electrons. The van der Waals surface area contributed by atoms with E-state index in [0.29, 0.717) is 11.3 Å². The van der Waals surface area contributed by atoms with Gasteiger partial charge in [0.15, 0.2) is 5.84 Å². The van der Waals surface area contributed by atoms with Crippen LogP contribution in [0.15, 0.2) is 38.6 Å². The van der Waals surface area contributed by atoms with Crippen molar-refractivity contribution in [3.05, 3.63) is 40.2 Å². The van der Waals surface area contributed by atoms with Crippen LogP contribution in [0, 0.1) is 23.7 Å². The zero-order chi connectivity index (χ0) is 17.8. The molecular formula is C18H19N5O2. The van der Waals surface area contributed by atoms with Crippen LogP contribution in [0.2, 0.25) is 0 Å². The van der Waals surface area contributed by atoms with E-state index < -0.39 is 5.63 Å². The maximum Gasteiger partial charge on any atom is 0.336 e. The predicted octanol–water partition coefficient (Wildman–Crippen LogP) is 2.86. The second-order valence-corrected chi connectivity index (χ2v) is 6.04. The fraction of sp³-hybridized carbons (Fsp3) is 0.333. The van der Waals surface area contributed by atoms with Gasteiger partial charge in [-0.3, -0.25) is 10.8 Å². The van der Waals surface area contributed by atoms with Gasteiger partial charge in [-0.2, -0.15) is 10.4 Å². The van der Waals surface area contributed by atoms with Crippen molar-refractivity contribution < 1.29 is 4.42 Å². The number of rotatable bonds is 3. The summed E-state index contributed by atoms with van der Waals surface area (Å²) in [7, 11) is 0. The number of likely N-dealkylation sites (tertiary alicyclic amines) is 1.